The van der Waals surface area contributed by atoms with Gasteiger partial charge in [-0.3, -0.25) is 14.4 Å². The van der Waals surface area contributed by atoms with Gasteiger partial charge in [0.15, 0.2) is 0 Å². The van der Waals surface area contributed by atoms with E-state index in [-0.39, 0.29) is 24.4 Å². The van der Waals surface area contributed by atoms with E-state index in [2.05, 4.69) is 15.6 Å². The van der Waals surface area contributed by atoms with Gasteiger partial charge in [-0.25, -0.2) is 8.78 Å². The van der Waals surface area contributed by atoms with E-state index < -0.39 is 54.1 Å². The molecule has 1 aromatic carbocycles. The zero-order chi connectivity index (χ0) is 26.3. The predicted molar refractivity (Wildman–Crippen MR) is 129 cm³/mol. The number of carbonyl (C=O) groups is 3. The molecule has 4 fully saturated rings. The lowest BCUT2D eigenvalue weighted by atomic mass is 9.71. The van der Waals surface area contributed by atoms with Gasteiger partial charge in [0.05, 0.1) is 19.1 Å². The highest BCUT2D eigenvalue weighted by Gasteiger charge is 2.60. The maximum atomic E-state index is 15.0. The second kappa shape index (κ2) is 9.65. The summed E-state index contributed by atoms with van der Waals surface area (Å²) in [6.45, 7) is 0.565. The van der Waals surface area contributed by atoms with Crippen LogP contribution in [-0.4, -0.2) is 65.3 Å². The molecule has 9 nitrogen and oxygen atoms in total. The number of nitriles is 1. The molecule has 1 aromatic heterocycles. The third kappa shape index (κ3) is 4.49. The van der Waals surface area contributed by atoms with Crippen LogP contribution >= 0.6 is 0 Å². The van der Waals surface area contributed by atoms with Crippen molar-refractivity contribution in [3.8, 4) is 11.8 Å². The molecule has 2 aromatic rings. The number of H-pyrrole nitrogens is 1. The van der Waals surface area contributed by atoms with Crippen LogP contribution < -0.4 is 15.4 Å². The summed E-state index contributed by atoms with van der Waals surface area (Å²) < 4.78 is 35.4. The number of nitrogens with zero attached hydrogens (tertiary/aromatic N) is 2. The number of hydrogen-bond donors (Lipinski definition) is 3. The van der Waals surface area contributed by atoms with Crippen LogP contribution in [0.4, 0.5) is 8.78 Å². The first-order valence-corrected chi connectivity index (χ1v) is 12.6. The Bertz CT molecular complexity index is 1270. The first kappa shape index (κ1) is 25.0. The molecule has 196 valence electrons. The van der Waals surface area contributed by atoms with Crippen LogP contribution in [0.2, 0.25) is 0 Å². The third-order valence-electron chi connectivity index (χ3n) is 7.90. The first-order chi connectivity index (χ1) is 17.7. The molecule has 2 bridgehead atoms. The van der Waals surface area contributed by atoms with E-state index in [9.17, 15) is 28.4 Å². The fraction of sp³-hybridized carbons (Fsp3) is 0.538. The number of piperidine rings is 3. The number of carbonyl (C=O) groups excluding carboxylic acids is 3. The molecular formula is C26H29F2N5O4. The Morgan fingerprint density at radius 3 is 2.84 bits per heavy atom. The summed E-state index contributed by atoms with van der Waals surface area (Å²) in [7, 11) is 1.51. The van der Waals surface area contributed by atoms with Gasteiger partial charge >= 0.3 is 0 Å². The van der Waals surface area contributed by atoms with Crippen molar-refractivity contribution >= 4 is 28.6 Å². The SMILES string of the molecule is COc1cccc2[nH]c(C(=O)N3[C@H]4CC[C@@H]([C@H]3C(=O)N[C@@H](C#N)C[C@@H]3CCCNC3=O)C(F)(F)C4)cc12. The standard InChI is InChI=1S/C26H29F2N5O4/c1-37-21-6-2-5-19-17(21)11-20(32-19)25(36)33-16-7-8-18(26(27,28)12-16)22(33)24(35)31-15(13-29)10-14-4-3-9-30-23(14)34/h2,5-6,11,14-16,18,22,32H,3-4,7-10,12H2,1H3,(H,30,34)(H,31,35)/t14-,15+,16-,18-,22-/m0/s1. The summed E-state index contributed by atoms with van der Waals surface area (Å²) >= 11 is 0. The minimum absolute atomic E-state index is 0.0844. The van der Waals surface area contributed by atoms with E-state index in [1.54, 1.807) is 24.3 Å². The summed E-state index contributed by atoms with van der Waals surface area (Å²) in [5.41, 5.74) is 0.815. The van der Waals surface area contributed by atoms with Gasteiger partial charge in [-0.1, -0.05) is 6.07 Å². The van der Waals surface area contributed by atoms with Crippen LogP contribution in [0, 0.1) is 23.2 Å². The van der Waals surface area contributed by atoms with E-state index >= 15 is 0 Å². The van der Waals surface area contributed by atoms with Gasteiger partial charge in [-0.15, -0.1) is 0 Å². The van der Waals surface area contributed by atoms with Crippen molar-refractivity contribution in [2.45, 2.75) is 62.6 Å². The Hall–Kier alpha value is -3.68. The Morgan fingerprint density at radius 2 is 2.14 bits per heavy atom. The molecule has 3 aliphatic heterocycles. The van der Waals surface area contributed by atoms with E-state index in [1.165, 1.54) is 12.0 Å². The van der Waals surface area contributed by atoms with Gasteiger partial charge in [0.1, 0.15) is 23.5 Å². The lowest BCUT2D eigenvalue weighted by molar-refractivity contribution is -0.179. The summed E-state index contributed by atoms with van der Waals surface area (Å²) in [4.78, 5) is 43.6. The highest BCUT2D eigenvalue weighted by atomic mass is 19.3. The summed E-state index contributed by atoms with van der Waals surface area (Å²) in [5, 5.41) is 15.6. The van der Waals surface area contributed by atoms with E-state index in [0.29, 0.717) is 36.0 Å². The maximum absolute atomic E-state index is 15.0. The monoisotopic (exact) mass is 513 g/mol. The number of nitrogens with one attached hydrogen (secondary N) is 3. The van der Waals surface area contributed by atoms with Crippen LogP contribution in [-0.2, 0) is 9.59 Å². The van der Waals surface area contributed by atoms with Crippen molar-refractivity contribution in [2.75, 3.05) is 13.7 Å². The number of aromatic nitrogens is 1. The quantitative estimate of drug-likeness (QED) is 0.547. The average molecular weight is 514 g/mol. The molecule has 6 rings (SSSR count). The number of halogens is 2. The number of amides is 3. The van der Waals surface area contributed by atoms with Gasteiger partial charge in [0.25, 0.3) is 11.8 Å². The summed E-state index contributed by atoms with van der Waals surface area (Å²) in [5.74, 6) is -5.90. The van der Waals surface area contributed by atoms with E-state index in [0.717, 1.165) is 6.42 Å². The lowest BCUT2D eigenvalue weighted by Gasteiger charge is -2.53. The number of aromatic amines is 1. The lowest BCUT2D eigenvalue weighted by Crippen LogP contribution is -2.68. The Kier molecular flexibility index (Phi) is 6.52. The number of rotatable bonds is 6. The molecular weight excluding hydrogens is 484 g/mol. The van der Waals surface area contributed by atoms with Crippen LogP contribution in [0.15, 0.2) is 24.3 Å². The van der Waals surface area contributed by atoms with E-state index in [1.807, 2.05) is 6.07 Å². The van der Waals surface area contributed by atoms with Crippen LogP contribution in [0.3, 0.4) is 0 Å². The number of alkyl halides is 2. The first-order valence-electron chi connectivity index (χ1n) is 12.6. The van der Waals surface area contributed by atoms with Crippen molar-refractivity contribution in [3.05, 3.63) is 30.0 Å². The fourth-order valence-electron chi connectivity index (χ4n) is 6.10. The highest BCUT2D eigenvalue weighted by molar-refractivity contribution is 6.02. The zero-order valence-electron chi connectivity index (χ0n) is 20.4. The molecule has 3 amide bonds. The molecule has 0 spiro atoms. The normalized spacial score (nSPS) is 27.3. The molecule has 4 aliphatic rings. The van der Waals surface area contributed by atoms with Gasteiger partial charge in [0.2, 0.25) is 11.8 Å². The van der Waals surface area contributed by atoms with Crippen molar-refractivity contribution in [3.63, 3.8) is 0 Å². The minimum atomic E-state index is -3.11. The molecule has 0 unspecified atom stereocenters. The smallest absolute Gasteiger partial charge is 0.271 e. The summed E-state index contributed by atoms with van der Waals surface area (Å²) in [6, 6.07) is 5.59. The molecule has 3 N–H and O–H groups in total. The van der Waals surface area contributed by atoms with E-state index in [4.69, 9.17) is 4.74 Å². The predicted octanol–water partition coefficient (Wildman–Crippen LogP) is 2.73. The highest BCUT2D eigenvalue weighted by Crippen LogP contribution is 2.49. The molecule has 0 radical (unpaired) electrons. The number of fused-ring (bicyclic) bond motifs is 4. The number of methoxy groups -OCH3 is 1. The molecule has 1 saturated carbocycles. The second-order valence-corrected chi connectivity index (χ2v) is 10.1. The van der Waals surface area contributed by atoms with Crippen LogP contribution in [0.1, 0.15) is 49.0 Å². The largest absolute Gasteiger partial charge is 0.496 e. The van der Waals surface area contributed by atoms with Crippen molar-refractivity contribution in [1.29, 1.82) is 5.26 Å². The van der Waals surface area contributed by atoms with Gasteiger partial charge in [-0.05, 0) is 50.3 Å². The van der Waals surface area contributed by atoms with Crippen LogP contribution in [0.5, 0.6) is 5.75 Å². The molecule has 11 heteroatoms. The fourth-order valence-corrected chi connectivity index (χ4v) is 6.10. The maximum Gasteiger partial charge on any atom is 0.271 e. The Balaban J connectivity index is 1.42. The Labute approximate surface area is 212 Å². The number of ether oxygens (including phenoxy) is 1. The molecule has 37 heavy (non-hydrogen) atoms. The third-order valence-corrected chi connectivity index (χ3v) is 7.90. The molecule has 1 aliphatic carbocycles. The molecule has 3 saturated heterocycles. The van der Waals surface area contributed by atoms with Gasteiger partial charge < -0.3 is 25.3 Å². The van der Waals surface area contributed by atoms with Gasteiger partial charge in [-0.2, -0.15) is 5.26 Å². The topological polar surface area (TPSA) is 127 Å². The van der Waals surface area contributed by atoms with Crippen molar-refractivity contribution in [1.82, 2.24) is 20.5 Å². The van der Waals surface area contributed by atoms with Gasteiger partial charge in [0, 0.05) is 35.8 Å². The summed E-state index contributed by atoms with van der Waals surface area (Å²) in [6.07, 6.45) is 1.38. The minimum Gasteiger partial charge on any atom is -0.496 e. The van der Waals surface area contributed by atoms with Crippen LogP contribution in [0.25, 0.3) is 10.9 Å². The number of hydrogen-bond acceptors (Lipinski definition) is 5. The average Bonchev–Trinajstić information content (AvgIpc) is 3.33. The van der Waals surface area contributed by atoms with Crippen molar-refractivity contribution < 1.29 is 27.9 Å². The zero-order valence-corrected chi connectivity index (χ0v) is 20.4. The second-order valence-electron chi connectivity index (χ2n) is 10.1. The Morgan fingerprint density at radius 1 is 1.32 bits per heavy atom. The number of benzene rings is 1. The molecule has 5 atom stereocenters. The molecule has 4 heterocycles. The van der Waals surface area contributed by atoms with Crippen molar-refractivity contribution in [2.24, 2.45) is 11.8 Å².